The first kappa shape index (κ1) is 14.5. The first-order valence-corrected chi connectivity index (χ1v) is 8.31. The van der Waals surface area contributed by atoms with E-state index in [1.54, 1.807) is 0 Å². The minimum atomic E-state index is 0.145. The first-order valence-electron chi connectivity index (χ1n) is 7.19. The van der Waals surface area contributed by atoms with Gasteiger partial charge in [0.25, 0.3) is 0 Å². The Bertz CT molecular complexity index is 643. The Morgan fingerprint density at radius 1 is 1.24 bits per heavy atom. The lowest BCUT2D eigenvalue weighted by Gasteiger charge is -2.34. The Labute approximate surface area is 133 Å². The highest BCUT2D eigenvalue weighted by atomic mass is 79.9. The van der Waals surface area contributed by atoms with Crippen LogP contribution in [-0.2, 0) is 16.0 Å². The van der Waals surface area contributed by atoms with Crippen LogP contribution in [0.15, 0.2) is 42.5 Å². The summed E-state index contributed by atoms with van der Waals surface area (Å²) in [6, 6.07) is 14.6. The largest absolute Gasteiger partial charge is 0.377 e. The number of carbonyl (C=O) groups excluding carboxylic acids is 1. The molecule has 1 aliphatic heterocycles. The van der Waals surface area contributed by atoms with Gasteiger partial charge in [-0.2, -0.15) is 0 Å². The number of nitrogens with zero attached hydrogens (tertiary/aromatic N) is 1. The van der Waals surface area contributed by atoms with Gasteiger partial charge >= 0.3 is 0 Å². The molecule has 1 saturated heterocycles. The molecule has 0 bridgehead atoms. The second-order valence-corrected chi connectivity index (χ2v) is 5.98. The van der Waals surface area contributed by atoms with Gasteiger partial charge in [0.2, 0.25) is 5.91 Å². The van der Waals surface area contributed by atoms with Gasteiger partial charge in [-0.1, -0.05) is 58.4 Å². The van der Waals surface area contributed by atoms with Gasteiger partial charge in [-0.25, -0.2) is 0 Å². The third kappa shape index (κ3) is 3.27. The number of fused-ring (bicyclic) bond motifs is 1. The molecule has 1 fully saturated rings. The van der Waals surface area contributed by atoms with E-state index in [0.29, 0.717) is 26.2 Å². The number of benzene rings is 2. The predicted octanol–water partition coefficient (Wildman–Crippen LogP) is 3.00. The Morgan fingerprint density at radius 2 is 2.05 bits per heavy atom. The summed E-state index contributed by atoms with van der Waals surface area (Å²) in [6.45, 7) is 1.93. The smallest absolute Gasteiger partial charge is 0.227 e. The van der Waals surface area contributed by atoms with E-state index in [9.17, 15) is 4.79 Å². The van der Waals surface area contributed by atoms with E-state index >= 15 is 0 Å². The minimum Gasteiger partial charge on any atom is -0.377 e. The summed E-state index contributed by atoms with van der Waals surface area (Å²) in [5.74, 6) is 0.179. The molecule has 1 aliphatic rings. The van der Waals surface area contributed by atoms with Crippen molar-refractivity contribution < 1.29 is 9.53 Å². The average molecular weight is 348 g/mol. The molecule has 1 heterocycles. The molecule has 1 atom stereocenters. The van der Waals surface area contributed by atoms with Crippen molar-refractivity contribution in [3.05, 3.63) is 48.0 Å². The standard InChI is InChI=1S/C17H18BrNO2/c18-11-16-12-21-8-7-19(16)17(20)10-13-5-6-14-3-1-2-4-15(14)9-13/h1-6,9,16H,7-8,10-12H2. The summed E-state index contributed by atoms with van der Waals surface area (Å²) in [6.07, 6.45) is 0.453. The quantitative estimate of drug-likeness (QED) is 0.798. The third-order valence-corrected chi connectivity index (χ3v) is 4.64. The fourth-order valence-electron chi connectivity index (χ4n) is 2.74. The number of rotatable bonds is 3. The molecule has 0 aliphatic carbocycles. The zero-order chi connectivity index (χ0) is 14.7. The van der Waals surface area contributed by atoms with E-state index in [1.807, 2.05) is 23.1 Å². The van der Waals surface area contributed by atoms with Crippen LogP contribution in [0.4, 0.5) is 0 Å². The zero-order valence-electron chi connectivity index (χ0n) is 11.8. The normalized spacial score (nSPS) is 18.9. The summed E-state index contributed by atoms with van der Waals surface area (Å²) in [7, 11) is 0. The van der Waals surface area contributed by atoms with E-state index in [1.165, 1.54) is 10.8 Å². The number of carbonyl (C=O) groups is 1. The summed E-state index contributed by atoms with van der Waals surface area (Å²) in [4.78, 5) is 14.5. The number of morpholine rings is 1. The number of alkyl halides is 1. The van der Waals surface area contributed by atoms with Gasteiger partial charge in [0.15, 0.2) is 0 Å². The van der Waals surface area contributed by atoms with Crippen molar-refractivity contribution in [3.63, 3.8) is 0 Å². The van der Waals surface area contributed by atoms with Gasteiger partial charge in [0.1, 0.15) is 0 Å². The number of hydrogen-bond acceptors (Lipinski definition) is 2. The highest BCUT2D eigenvalue weighted by molar-refractivity contribution is 9.09. The molecular formula is C17H18BrNO2. The number of halogens is 1. The Kier molecular flexibility index (Phi) is 4.56. The monoisotopic (exact) mass is 347 g/mol. The molecule has 0 spiro atoms. The molecule has 2 aromatic rings. The molecule has 3 nitrogen and oxygen atoms in total. The fraction of sp³-hybridized carbons (Fsp3) is 0.353. The molecule has 0 N–H and O–H groups in total. The third-order valence-electron chi connectivity index (χ3n) is 3.90. The van der Waals surface area contributed by atoms with Crippen LogP contribution in [0, 0.1) is 0 Å². The van der Waals surface area contributed by atoms with Crippen LogP contribution in [0.3, 0.4) is 0 Å². The second-order valence-electron chi connectivity index (χ2n) is 5.33. The lowest BCUT2D eigenvalue weighted by atomic mass is 10.0. The molecular weight excluding hydrogens is 330 g/mol. The van der Waals surface area contributed by atoms with Crippen LogP contribution >= 0.6 is 15.9 Å². The van der Waals surface area contributed by atoms with Crippen LogP contribution in [0.2, 0.25) is 0 Å². The summed E-state index contributed by atoms with van der Waals surface area (Å²) in [5, 5.41) is 3.15. The number of hydrogen-bond donors (Lipinski definition) is 0. The highest BCUT2D eigenvalue weighted by Gasteiger charge is 2.26. The summed E-state index contributed by atoms with van der Waals surface area (Å²) >= 11 is 3.46. The van der Waals surface area contributed by atoms with E-state index in [4.69, 9.17) is 4.74 Å². The lowest BCUT2D eigenvalue weighted by Crippen LogP contribution is -2.50. The van der Waals surface area contributed by atoms with Crippen LogP contribution in [0.5, 0.6) is 0 Å². The van der Waals surface area contributed by atoms with Gasteiger partial charge in [0.05, 0.1) is 25.7 Å². The van der Waals surface area contributed by atoms with Crippen molar-refractivity contribution in [3.8, 4) is 0 Å². The Hall–Kier alpha value is -1.39. The maximum absolute atomic E-state index is 12.5. The van der Waals surface area contributed by atoms with E-state index < -0.39 is 0 Å². The highest BCUT2D eigenvalue weighted by Crippen LogP contribution is 2.18. The SMILES string of the molecule is O=C(Cc1ccc2ccccc2c1)N1CCOCC1CBr. The molecule has 21 heavy (non-hydrogen) atoms. The van der Waals surface area contributed by atoms with E-state index in [0.717, 1.165) is 10.9 Å². The summed E-state index contributed by atoms with van der Waals surface area (Å²) in [5.41, 5.74) is 1.07. The average Bonchev–Trinajstić information content (AvgIpc) is 2.54. The Balaban J connectivity index is 1.76. The van der Waals surface area contributed by atoms with E-state index in [-0.39, 0.29) is 11.9 Å². The lowest BCUT2D eigenvalue weighted by molar-refractivity contribution is -0.138. The molecule has 4 heteroatoms. The van der Waals surface area contributed by atoms with Crippen molar-refractivity contribution in [2.45, 2.75) is 12.5 Å². The molecule has 1 amide bonds. The van der Waals surface area contributed by atoms with Gasteiger partial charge in [-0.15, -0.1) is 0 Å². The predicted molar refractivity (Wildman–Crippen MR) is 87.8 cm³/mol. The second kappa shape index (κ2) is 6.58. The van der Waals surface area contributed by atoms with Crippen molar-refractivity contribution >= 4 is 32.6 Å². The topological polar surface area (TPSA) is 29.5 Å². The maximum atomic E-state index is 12.5. The van der Waals surface area contributed by atoms with Crippen molar-refractivity contribution in [2.24, 2.45) is 0 Å². The van der Waals surface area contributed by atoms with Crippen molar-refractivity contribution in [1.29, 1.82) is 0 Å². The maximum Gasteiger partial charge on any atom is 0.227 e. The van der Waals surface area contributed by atoms with Crippen molar-refractivity contribution in [2.75, 3.05) is 25.1 Å². The molecule has 0 radical (unpaired) electrons. The molecule has 110 valence electrons. The summed E-state index contributed by atoms with van der Waals surface area (Å²) < 4.78 is 5.44. The molecule has 3 rings (SSSR count). The Morgan fingerprint density at radius 3 is 2.86 bits per heavy atom. The fourth-order valence-corrected chi connectivity index (χ4v) is 3.27. The minimum absolute atomic E-state index is 0.145. The molecule has 2 aromatic carbocycles. The van der Waals surface area contributed by atoms with Gasteiger partial charge in [0, 0.05) is 11.9 Å². The van der Waals surface area contributed by atoms with Crippen LogP contribution < -0.4 is 0 Å². The van der Waals surface area contributed by atoms with Gasteiger partial charge < -0.3 is 9.64 Å². The molecule has 0 saturated carbocycles. The van der Waals surface area contributed by atoms with Crippen LogP contribution in [0.25, 0.3) is 10.8 Å². The number of amides is 1. The molecule has 1 unspecified atom stereocenters. The molecule has 0 aromatic heterocycles. The first-order chi connectivity index (χ1) is 10.3. The van der Waals surface area contributed by atoms with Gasteiger partial charge in [-0.05, 0) is 16.3 Å². The zero-order valence-corrected chi connectivity index (χ0v) is 13.4. The van der Waals surface area contributed by atoms with E-state index in [2.05, 4.69) is 40.2 Å². The van der Waals surface area contributed by atoms with Crippen molar-refractivity contribution in [1.82, 2.24) is 4.90 Å². The van der Waals surface area contributed by atoms with Crippen LogP contribution in [-0.4, -0.2) is 41.9 Å². The van der Waals surface area contributed by atoms with Crippen LogP contribution in [0.1, 0.15) is 5.56 Å². The van der Waals surface area contributed by atoms with Gasteiger partial charge in [-0.3, -0.25) is 4.79 Å². The number of ether oxygens (including phenoxy) is 1.